The summed E-state index contributed by atoms with van der Waals surface area (Å²) in [6, 6.07) is 6.52. The normalized spacial score (nSPS) is 10.3. The van der Waals surface area contributed by atoms with Crippen LogP contribution in [0.2, 0.25) is 5.02 Å². The maximum atomic E-state index is 13.9. The molecule has 100 valence electrons. The number of hydrogen-bond acceptors (Lipinski definition) is 4. The molecule has 19 heavy (non-hydrogen) atoms. The van der Waals surface area contributed by atoms with Gasteiger partial charge in [-0.25, -0.2) is 9.37 Å². The molecule has 1 aromatic carbocycles. The van der Waals surface area contributed by atoms with Gasteiger partial charge in [0.2, 0.25) is 5.95 Å². The molecule has 0 fully saturated rings. The fraction of sp³-hybridized carbons (Fsp3) is 0.231. The molecule has 0 bridgehead atoms. The molecule has 0 aliphatic rings. The van der Waals surface area contributed by atoms with Crippen LogP contribution in [0, 0.1) is 5.82 Å². The van der Waals surface area contributed by atoms with E-state index in [1.807, 2.05) is 6.92 Å². The van der Waals surface area contributed by atoms with E-state index in [0.29, 0.717) is 29.0 Å². The minimum atomic E-state index is -0.315. The molecule has 1 N–H and O–H groups in total. The van der Waals surface area contributed by atoms with Crippen molar-refractivity contribution in [1.82, 2.24) is 9.97 Å². The first-order valence-electron chi connectivity index (χ1n) is 5.89. The van der Waals surface area contributed by atoms with E-state index in [-0.39, 0.29) is 5.82 Å². The number of anilines is 3. The van der Waals surface area contributed by atoms with E-state index in [9.17, 15) is 4.39 Å². The lowest BCUT2D eigenvalue weighted by Gasteiger charge is -2.23. The Morgan fingerprint density at radius 1 is 1.37 bits per heavy atom. The van der Waals surface area contributed by atoms with Gasteiger partial charge in [0.25, 0.3) is 0 Å². The molecule has 0 aliphatic carbocycles. The van der Waals surface area contributed by atoms with Crippen molar-refractivity contribution in [2.45, 2.75) is 6.92 Å². The SMILES string of the molecule is CCN(c1ccccc1F)c1nc(NC)ncc1Cl. The summed E-state index contributed by atoms with van der Waals surface area (Å²) in [5, 5.41) is 3.22. The van der Waals surface area contributed by atoms with Gasteiger partial charge in [0, 0.05) is 13.6 Å². The number of halogens is 2. The highest BCUT2D eigenvalue weighted by Crippen LogP contribution is 2.31. The van der Waals surface area contributed by atoms with Crippen LogP contribution in [0.25, 0.3) is 0 Å². The molecule has 1 heterocycles. The van der Waals surface area contributed by atoms with Crippen molar-refractivity contribution in [3.8, 4) is 0 Å². The van der Waals surface area contributed by atoms with Crippen molar-refractivity contribution in [1.29, 1.82) is 0 Å². The largest absolute Gasteiger partial charge is 0.357 e. The number of aromatic nitrogens is 2. The van der Waals surface area contributed by atoms with E-state index < -0.39 is 0 Å². The third-order valence-corrected chi connectivity index (χ3v) is 2.93. The predicted octanol–water partition coefficient (Wildman–Crippen LogP) is 3.47. The summed E-state index contributed by atoms with van der Waals surface area (Å²) in [5.41, 5.74) is 0.438. The lowest BCUT2D eigenvalue weighted by molar-refractivity contribution is 0.625. The fourth-order valence-electron chi connectivity index (χ4n) is 1.77. The second-order valence-corrected chi connectivity index (χ2v) is 4.22. The highest BCUT2D eigenvalue weighted by atomic mass is 35.5. The topological polar surface area (TPSA) is 41.1 Å². The lowest BCUT2D eigenvalue weighted by Crippen LogP contribution is -2.19. The molecule has 0 atom stereocenters. The first kappa shape index (κ1) is 13.5. The van der Waals surface area contributed by atoms with E-state index in [4.69, 9.17) is 11.6 Å². The number of benzene rings is 1. The Kier molecular flexibility index (Phi) is 4.16. The predicted molar refractivity (Wildman–Crippen MR) is 75.7 cm³/mol. The molecule has 6 heteroatoms. The third-order valence-electron chi connectivity index (χ3n) is 2.66. The number of hydrogen-bond donors (Lipinski definition) is 1. The number of nitrogens with one attached hydrogen (secondary N) is 1. The van der Waals surface area contributed by atoms with Crippen LogP contribution in [-0.2, 0) is 0 Å². The average Bonchev–Trinajstić information content (AvgIpc) is 2.43. The summed E-state index contributed by atoms with van der Waals surface area (Å²) in [7, 11) is 1.71. The van der Waals surface area contributed by atoms with Crippen LogP contribution >= 0.6 is 11.6 Å². The molecule has 0 unspecified atom stereocenters. The van der Waals surface area contributed by atoms with E-state index in [0.717, 1.165) is 0 Å². The maximum Gasteiger partial charge on any atom is 0.224 e. The standard InChI is InChI=1S/C13H14ClFN4/c1-3-19(11-7-5-4-6-10(11)15)12-9(14)8-17-13(16-2)18-12/h4-8H,3H2,1-2H3,(H,16,17,18). The highest BCUT2D eigenvalue weighted by molar-refractivity contribution is 6.33. The summed E-state index contributed by atoms with van der Waals surface area (Å²) >= 11 is 6.11. The summed E-state index contributed by atoms with van der Waals surface area (Å²) in [6.07, 6.45) is 1.50. The van der Waals surface area contributed by atoms with Gasteiger partial charge in [-0.15, -0.1) is 0 Å². The zero-order valence-corrected chi connectivity index (χ0v) is 11.4. The Bertz CT molecular complexity index is 576. The van der Waals surface area contributed by atoms with Crippen LogP contribution < -0.4 is 10.2 Å². The molecule has 0 saturated heterocycles. The molecule has 1 aromatic heterocycles. The van der Waals surface area contributed by atoms with Crippen molar-refractivity contribution in [3.05, 3.63) is 41.3 Å². The number of nitrogens with zero attached hydrogens (tertiary/aromatic N) is 3. The molecule has 0 aliphatic heterocycles. The number of para-hydroxylation sites is 1. The summed E-state index contributed by atoms with van der Waals surface area (Å²) in [5.74, 6) is 0.604. The lowest BCUT2D eigenvalue weighted by atomic mass is 10.2. The van der Waals surface area contributed by atoms with E-state index in [2.05, 4.69) is 15.3 Å². The first-order valence-corrected chi connectivity index (χ1v) is 6.27. The van der Waals surface area contributed by atoms with Crippen molar-refractivity contribution >= 4 is 29.1 Å². The molecule has 0 amide bonds. The van der Waals surface area contributed by atoms with Crippen molar-refractivity contribution < 1.29 is 4.39 Å². The van der Waals surface area contributed by atoms with Crippen LogP contribution in [0.5, 0.6) is 0 Å². The van der Waals surface area contributed by atoms with E-state index in [1.54, 1.807) is 30.1 Å². The smallest absolute Gasteiger partial charge is 0.224 e. The minimum absolute atomic E-state index is 0.315. The number of rotatable bonds is 4. The van der Waals surface area contributed by atoms with Gasteiger partial charge in [-0.05, 0) is 19.1 Å². The molecule has 4 nitrogen and oxygen atoms in total. The summed E-state index contributed by atoms with van der Waals surface area (Å²) in [6.45, 7) is 2.45. The summed E-state index contributed by atoms with van der Waals surface area (Å²) < 4.78 is 13.9. The second kappa shape index (κ2) is 5.84. The third kappa shape index (κ3) is 2.76. The van der Waals surface area contributed by atoms with Crippen molar-refractivity contribution in [3.63, 3.8) is 0 Å². The van der Waals surface area contributed by atoms with Crippen LogP contribution in [0.3, 0.4) is 0 Å². The van der Waals surface area contributed by atoms with Crippen LogP contribution in [0.15, 0.2) is 30.5 Å². The first-order chi connectivity index (χ1) is 9.17. The van der Waals surface area contributed by atoms with Gasteiger partial charge in [0.05, 0.1) is 11.9 Å². The van der Waals surface area contributed by atoms with Gasteiger partial charge in [-0.3, -0.25) is 0 Å². The minimum Gasteiger partial charge on any atom is -0.357 e. The molecule has 0 saturated carbocycles. The van der Waals surface area contributed by atoms with Crippen LogP contribution in [-0.4, -0.2) is 23.6 Å². The Hall–Kier alpha value is -1.88. The Labute approximate surface area is 116 Å². The Morgan fingerprint density at radius 3 is 2.74 bits per heavy atom. The average molecular weight is 281 g/mol. The molecular formula is C13H14ClFN4. The van der Waals surface area contributed by atoms with Gasteiger partial charge >= 0.3 is 0 Å². The summed E-state index contributed by atoms with van der Waals surface area (Å²) in [4.78, 5) is 10.0. The maximum absolute atomic E-state index is 13.9. The zero-order valence-electron chi connectivity index (χ0n) is 10.7. The molecule has 0 radical (unpaired) electrons. The van der Waals surface area contributed by atoms with Gasteiger partial charge in [0.1, 0.15) is 10.8 Å². The van der Waals surface area contributed by atoms with Gasteiger partial charge in [0.15, 0.2) is 5.82 Å². The molecule has 0 spiro atoms. The highest BCUT2D eigenvalue weighted by Gasteiger charge is 2.16. The quantitative estimate of drug-likeness (QED) is 0.931. The molecular weight excluding hydrogens is 267 g/mol. The Balaban J connectivity index is 2.51. The molecule has 2 aromatic rings. The Morgan fingerprint density at radius 2 is 2.11 bits per heavy atom. The van der Waals surface area contributed by atoms with Gasteiger partial charge in [-0.1, -0.05) is 23.7 Å². The fourth-order valence-corrected chi connectivity index (χ4v) is 1.97. The van der Waals surface area contributed by atoms with Crippen LogP contribution in [0.4, 0.5) is 21.8 Å². The van der Waals surface area contributed by atoms with Crippen molar-refractivity contribution in [2.24, 2.45) is 0 Å². The zero-order chi connectivity index (χ0) is 13.8. The van der Waals surface area contributed by atoms with E-state index in [1.165, 1.54) is 12.3 Å². The van der Waals surface area contributed by atoms with Gasteiger partial charge < -0.3 is 10.2 Å². The molecule has 2 rings (SSSR count). The monoisotopic (exact) mass is 280 g/mol. The van der Waals surface area contributed by atoms with Crippen LogP contribution in [0.1, 0.15) is 6.92 Å². The van der Waals surface area contributed by atoms with Crippen molar-refractivity contribution in [2.75, 3.05) is 23.8 Å². The second-order valence-electron chi connectivity index (χ2n) is 3.81. The van der Waals surface area contributed by atoms with E-state index >= 15 is 0 Å². The van der Waals surface area contributed by atoms with Gasteiger partial charge in [-0.2, -0.15) is 4.98 Å².